The Morgan fingerprint density at radius 3 is 2.76 bits per heavy atom. The molecule has 0 amide bonds. The van der Waals surface area contributed by atoms with Gasteiger partial charge in [-0.2, -0.15) is 0 Å². The van der Waals surface area contributed by atoms with Crippen LogP contribution in [0.1, 0.15) is 38.3 Å². The van der Waals surface area contributed by atoms with Crippen molar-refractivity contribution in [1.29, 1.82) is 0 Å². The van der Waals surface area contributed by atoms with E-state index in [1.165, 1.54) is 26.4 Å². The summed E-state index contributed by atoms with van der Waals surface area (Å²) < 4.78 is 8.06. The third-order valence-corrected chi connectivity index (χ3v) is 6.33. The molecule has 0 bridgehead atoms. The summed E-state index contributed by atoms with van der Waals surface area (Å²) in [4.78, 5) is 30.7. The fraction of sp³-hybridized carbons (Fsp3) is 0.429. The van der Waals surface area contributed by atoms with E-state index < -0.39 is 5.97 Å². The predicted molar refractivity (Wildman–Crippen MR) is 112 cm³/mol. The molecule has 8 heteroatoms. The Bertz CT molecular complexity index is 1170. The lowest BCUT2D eigenvalue weighted by Crippen LogP contribution is -2.38. The molecule has 0 radical (unpaired) electrons. The van der Waals surface area contributed by atoms with Gasteiger partial charge in [0.15, 0.2) is 5.16 Å². The SMILES string of the molecule is CCOC(=O)Cn1nc(SC)n2c(=O)c3c(nc12)-c1ccccc1CC3(C)CC. The number of hydrogen-bond acceptors (Lipinski definition) is 6. The molecule has 1 aliphatic rings. The maximum absolute atomic E-state index is 13.7. The summed E-state index contributed by atoms with van der Waals surface area (Å²) in [5, 5.41) is 4.99. The Morgan fingerprint density at radius 1 is 1.31 bits per heavy atom. The van der Waals surface area contributed by atoms with Gasteiger partial charge in [0.2, 0.25) is 5.78 Å². The standard InChI is InChI=1S/C21H24N4O3S/c1-5-21(3)11-13-9-7-8-10-14(13)17-16(21)18(27)25-19(22-17)24(23-20(25)29-4)12-15(26)28-6-2/h7-10H,5-6,11-12H2,1-4H3. The topological polar surface area (TPSA) is 78.5 Å². The van der Waals surface area contributed by atoms with E-state index in [-0.39, 0.29) is 17.5 Å². The first-order valence-corrected chi connectivity index (χ1v) is 11.0. The second kappa shape index (κ2) is 7.33. The first kappa shape index (κ1) is 19.7. The molecule has 2 aromatic heterocycles. The Labute approximate surface area is 173 Å². The van der Waals surface area contributed by atoms with Crippen LogP contribution in [0.25, 0.3) is 17.0 Å². The highest BCUT2D eigenvalue weighted by atomic mass is 32.2. The predicted octanol–water partition coefficient (Wildman–Crippen LogP) is 3.07. The molecule has 0 N–H and O–H groups in total. The number of hydrogen-bond donors (Lipinski definition) is 0. The molecule has 1 aromatic carbocycles. The van der Waals surface area contributed by atoms with Gasteiger partial charge in [-0.3, -0.25) is 9.59 Å². The van der Waals surface area contributed by atoms with Gasteiger partial charge in [0.1, 0.15) is 6.54 Å². The molecule has 7 nitrogen and oxygen atoms in total. The van der Waals surface area contributed by atoms with E-state index in [0.29, 0.717) is 23.2 Å². The number of esters is 1. The van der Waals surface area contributed by atoms with Crippen molar-refractivity contribution in [1.82, 2.24) is 19.2 Å². The van der Waals surface area contributed by atoms with Gasteiger partial charge in [-0.15, -0.1) is 5.10 Å². The minimum Gasteiger partial charge on any atom is -0.465 e. The van der Waals surface area contributed by atoms with E-state index in [2.05, 4.69) is 25.0 Å². The number of benzene rings is 1. The van der Waals surface area contributed by atoms with Gasteiger partial charge in [-0.1, -0.05) is 49.9 Å². The van der Waals surface area contributed by atoms with Crippen molar-refractivity contribution in [3.05, 3.63) is 45.7 Å². The van der Waals surface area contributed by atoms with Gasteiger partial charge < -0.3 is 4.74 Å². The van der Waals surface area contributed by atoms with E-state index in [1.807, 2.05) is 24.5 Å². The van der Waals surface area contributed by atoms with Gasteiger partial charge in [0.25, 0.3) is 5.56 Å². The van der Waals surface area contributed by atoms with Crippen molar-refractivity contribution in [3.8, 4) is 11.3 Å². The van der Waals surface area contributed by atoms with Crippen molar-refractivity contribution in [2.45, 2.75) is 50.7 Å². The molecule has 2 heterocycles. The summed E-state index contributed by atoms with van der Waals surface area (Å²) in [5.74, 6) is -0.0442. The molecule has 3 aromatic rings. The highest BCUT2D eigenvalue weighted by Crippen LogP contribution is 2.42. The fourth-order valence-electron chi connectivity index (χ4n) is 4.07. The van der Waals surface area contributed by atoms with Gasteiger partial charge >= 0.3 is 5.97 Å². The summed E-state index contributed by atoms with van der Waals surface area (Å²) in [6.45, 7) is 6.19. The van der Waals surface area contributed by atoms with E-state index in [0.717, 1.165) is 24.0 Å². The zero-order valence-corrected chi connectivity index (χ0v) is 17.9. The molecule has 29 heavy (non-hydrogen) atoms. The Hall–Kier alpha value is -2.61. The first-order valence-electron chi connectivity index (χ1n) is 9.75. The minimum absolute atomic E-state index is 0.0875. The average Bonchev–Trinajstić information content (AvgIpc) is 3.06. The largest absolute Gasteiger partial charge is 0.465 e. The lowest BCUT2D eigenvalue weighted by Gasteiger charge is -2.34. The van der Waals surface area contributed by atoms with E-state index in [1.54, 1.807) is 6.92 Å². The quantitative estimate of drug-likeness (QED) is 0.473. The molecule has 0 saturated carbocycles. The molecule has 0 spiro atoms. The normalized spacial score (nSPS) is 17.8. The third-order valence-electron chi connectivity index (χ3n) is 5.70. The lowest BCUT2D eigenvalue weighted by molar-refractivity contribution is -0.143. The van der Waals surface area contributed by atoms with Crippen LogP contribution in [0, 0.1) is 0 Å². The van der Waals surface area contributed by atoms with Crippen LogP contribution in [0.4, 0.5) is 0 Å². The maximum atomic E-state index is 13.7. The summed E-state index contributed by atoms with van der Waals surface area (Å²) in [7, 11) is 0. The molecule has 0 fully saturated rings. The molecular formula is C21H24N4O3S. The number of thioether (sulfide) groups is 1. The molecule has 1 aliphatic carbocycles. The van der Waals surface area contributed by atoms with Crippen LogP contribution in [0.15, 0.2) is 34.2 Å². The number of fused-ring (bicyclic) bond motifs is 4. The smallest absolute Gasteiger partial charge is 0.327 e. The summed E-state index contributed by atoms with van der Waals surface area (Å²) in [5.41, 5.74) is 3.16. The van der Waals surface area contributed by atoms with Crippen LogP contribution >= 0.6 is 11.8 Å². The number of rotatable bonds is 5. The van der Waals surface area contributed by atoms with E-state index >= 15 is 0 Å². The number of ether oxygens (including phenoxy) is 1. The Balaban J connectivity index is 2.04. The minimum atomic E-state index is -0.407. The van der Waals surface area contributed by atoms with Crippen LogP contribution in [-0.4, -0.2) is 38.0 Å². The highest BCUT2D eigenvalue weighted by molar-refractivity contribution is 7.98. The molecule has 1 unspecified atom stereocenters. The monoisotopic (exact) mass is 412 g/mol. The van der Waals surface area contributed by atoms with Crippen LogP contribution < -0.4 is 5.56 Å². The third kappa shape index (κ3) is 3.06. The van der Waals surface area contributed by atoms with Gasteiger partial charge in [0, 0.05) is 11.0 Å². The summed E-state index contributed by atoms with van der Waals surface area (Å²) >= 11 is 1.36. The summed E-state index contributed by atoms with van der Waals surface area (Å²) in [6.07, 6.45) is 3.47. The molecule has 4 rings (SSSR count). The van der Waals surface area contributed by atoms with Crippen molar-refractivity contribution < 1.29 is 9.53 Å². The second-order valence-corrected chi connectivity index (χ2v) is 8.25. The molecule has 152 valence electrons. The number of carbonyl (C=O) groups is 1. The molecular weight excluding hydrogens is 388 g/mol. The van der Waals surface area contributed by atoms with E-state index in [9.17, 15) is 9.59 Å². The van der Waals surface area contributed by atoms with Gasteiger partial charge in [-0.25, -0.2) is 14.1 Å². The number of nitrogens with zero attached hydrogens (tertiary/aromatic N) is 4. The Kier molecular flexibility index (Phi) is 4.98. The van der Waals surface area contributed by atoms with Crippen LogP contribution in [0.5, 0.6) is 0 Å². The van der Waals surface area contributed by atoms with Crippen molar-refractivity contribution >= 4 is 23.5 Å². The molecule has 1 atom stereocenters. The van der Waals surface area contributed by atoms with Crippen LogP contribution in [-0.2, 0) is 27.9 Å². The zero-order valence-electron chi connectivity index (χ0n) is 17.1. The van der Waals surface area contributed by atoms with E-state index in [4.69, 9.17) is 9.72 Å². The zero-order chi connectivity index (χ0) is 20.8. The Morgan fingerprint density at radius 2 is 2.07 bits per heavy atom. The van der Waals surface area contributed by atoms with Crippen molar-refractivity contribution in [3.63, 3.8) is 0 Å². The fourth-order valence-corrected chi connectivity index (χ4v) is 4.60. The molecule has 0 aliphatic heterocycles. The summed E-state index contributed by atoms with van der Waals surface area (Å²) in [6, 6.07) is 8.08. The van der Waals surface area contributed by atoms with Crippen molar-refractivity contribution in [2.24, 2.45) is 0 Å². The lowest BCUT2D eigenvalue weighted by atomic mass is 9.69. The average molecular weight is 413 g/mol. The van der Waals surface area contributed by atoms with Crippen molar-refractivity contribution in [2.75, 3.05) is 12.9 Å². The van der Waals surface area contributed by atoms with Gasteiger partial charge in [-0.05, 0) is 31.6 Å². The molecule has 0 saturated heterocycles. The van der Waals surface area contributed by atoms with Crippen LogP contribution in [0.3, 0.4) is 0 Å². The van der Waals surface area contributed by atoms with Crippen LogP contribution in [0.2, 0.25) is 0 Å². The second-order valence-electron chi connectivity index (χ2n) is 7.47. The highest BCUT2D eigenvalue weighted by Gasteiger charge is 2.38. The maximum Gasteiger partial charge on any atom is 0.327 e. The van der Waals surface area contributed by atoms with Gasteiger partial charge in [0.05, 0.1) is 17.9 Å². The first-order chi connectivity index (χ1) is 13.9. The number of aromatic nitrogens is 4. The number of carbonyl (C=O) groups excluding carboxylic acids is 1.